The van der Waals surface area contributed by atoms with Crippen molar-refractivity contribution in [3.8, 4) is 0 Å². The highest BCUT2D eigenvalue weighted by atomic mass is 32.2. The number of hydrogen-bond acceptors (Lipinski definition) is 4. The molecule has 0 amide bonds. The zero-order chi connectivity index (χ0) is 8.48. The maximum absolute atomic E-state index is 8.61. The first-order chi connectivity index (χ1) is 5.08. The summed E-state index contributed by atoms with van der Waals surface area (Å²) >= 11 is 3.73. The van der Waals surface area contributed by atoms with Crippen LogP contribution in [-0.2, 0) is 0 Å². The van der Waals surface area contributed by atoms with Crippen LogP contribution in [0.15, 0.2) is 5.16 Å². The third-order valence-corrected chi connectivity index (χ3v) is 5.51. The normalized spacial score (nSPS) is 39.5. The van der Waals surface area contributed by atoms with Crippen LogP contribution in [0.1, 0.15) is 20.8 Å². The molecule has 0 spiro atoms. The Kier molecular flexibility index (Phi) is 2.75. The largest absolute Gasteiger partial charge is 0.411 e. The zero-order valence-corrected chi connectivity index (χ0v) is 8.63. The highest BCUT2D eigenvalue weighted by molar-refractivity contribution is 8.22. The van der Waals surface area contributed by atoms with Gasteiger partial charge in [0, 0.05) is 11.0 Å². The van der Waals surface area contributed by atoms with Crippen molar-refractivity contribution in [1.29, 1.82) is 0 Å². The molecule has 0 radical (unpaired) electrons. The third kappa shape index (κ3) is 1.85. The maximum atomic E-state index is 8.61. The molecule has 1 aliphatic heterocycles. The molecule has 1 fully saturated rings. The van der Waals surface area contributed by atoms with Gasteiger partial charge < -0.3 is 5.21 Å². The summed E-state index contributed by atoms with van der Waals surface area (Å²) in [4.78, 5) is 0. The first kappa shape index (κ1) is 9.26. The minimum atomic E-state index is 0.00810. The van der Waals surface area contributed by atoms with E-state index in [9.17, 15) is 0 Å². The Hall–Kier alpha value is 0.170. The molecule has 2 unspecified atom stereocenters. The monoisotopic (exact) mass is 191 g/mol. The van der Waals surface area contributed by atoms with Crippen molar-refractivity contribution in [2.24, 2.45) is 5.16 Å². The van der Waals surface area contributed by atoms with Crippen molar-refractivity contribution < 1.29 is 5.21 Å². The summed E-state index contributed by atoms with van der Waals surface area (Å²) in [7, 11) is 0. The molecular formula is C7H13NOS2. The van der Waals surface area contributed by atoms with Crippen LogP contribution >= 0.6 is 23.5 Å². The lowest BCUT2D eigenvalue weighted by Crippen LogP contribution is -2.22. The van der Waals surface area contributed by atoms with E-state index >= 15 is 0 Å². The molecule has 0 aromatic carbocycles. The molecule has 11 heavy (non-hydrogen) atoms. The zero-order valence-electron chi connectivity index (χ0n) is 7.00. The summed E-state index contributed by atoms with van der Waals surface area (Å²) in [6.45, 7) is 6.19. The number of nitrogens with zero attached hydrogens (tertiary/aromatic N) is 1. The topological polar surface area (TPSA) is 32.6 Å². The number of oxime groups is 1. The molecule has 2 atom stereocenters. The van der Waals surface area contributed by atoms with E-state index in [1.165, 1.54) is 0 Å². The fourth-order valence-electron chi connectivity index (χ4n) is 1.01. The summed E-state index contributed by atoms with van der Waals surface area (Å²) < 4.78 is 0.00810. The summed E-state index contributed by atoms with van der Waals surface area (Å²) in [5.41, 5.74) is 0.817. The average Bonchev–Trinajstić information content (AvgIpc) is 2.31. The average molecular weight is 191 g/mol. The lowest BCUT2D eigenvalue weighted by atomic mass is 10.3. The Morgan fingerprint density at radius 3 is 2.73 bits per heavy atom. The van der Waals surface area contributed by atoms with Crippen molar-refractivity contribution >= 4 is 29.2 Å². The van der Waals surface area contributed by atoms with Crippen LogP contribution in [0.5, 0.6) is 0 Å². The maximum Gasteiger partial charge on any atom is 0.0996 e. The fourth-order valence-corrected chi connectivity index (χ4v) is 4.24. The van der Waals surface area contributed by atoms with E-state index in [1.54, 1.807) is 0 Å². The van der Waals surface area contributed by atoms with E-state index in [-0.39, 0.29) is 4.08 Å². The van der Waals surface area contributed by atoms with Gasteiger partial charge in [0.1, 0.15) is 0 Å². The molecule has 1 aliphatic rings. The lowest BCUT2D eigenvalue weighted by Gasteiger charge is -2.20. The number of rotatable bonds is 1. The predicted molar refractivity (Wildman–Crippen MR) is 52.8 cm³/mol. The van der Waals surface area contributed by atoms with Gasteiger partial charge in [-0.2, -0.15) is 0 Å². The highest BCUT2D eigenvalue weighted by Gasteiger charge is 2.37. The molecule has 2 nitrogen and oxygen atoms in total. The van der Waals surface area contributed by atoms with E-state index < -0.39 is 0 Å². The molecule has 0 aromatic heterocycles. The van der Waals surface area contributed by atoms with Gasteiger partial charge in [-0.3, -0.25) is 0 Å². The number of thioether (sulfide) groups is 2. The molecule has 0 saturated carbocycles. The van der Waals surface area contributed by atoms with E-state index in [4.69, 9.17) is 5.21 Å². The van der Waals surface area contributed by atoms with Crippen LogP contribution in [0.2, 0.25) is 0 Å². The van der Waals surface area contributed by atoms with Crippen LogP contribution in [0.25, 0.3) is 0 Å². The SMILES string of the molecule is CC(=NO)C1(C)SCC(C)S1. The second-order valence-electron chi connectivity index (χ2n) is 2.87. The first-order valence-corrected chi connectivity index (χ1v) is 5.46. The van der Waals surface area contributed by atoms with Crippen LogP contribution in [0, 0.1) is 0 Å². The minimum absolute atomic E-state index is 0.00810. The van der Waals surface area contributed by atoms with Crippen LogP contribution in [-0.4, -0.2) is 26.0 Å². The molecule has 1 heterocycles. The lowest BCUT2D eigenvalue weighted by molar-refractivity contribution is 0.317. The van der Waals surface area contributed by atoms with E-state index in [0.29, 0.717) is 5.25 Å². The van der Waals surface area contributed by atoms with Crippen molar-refractivity contribution in [3.05, 3.63) is 0 Å². The van der Waals surface area contributed by atoms with Crippen LogP contribution in [0.4, 0.5) is 0 Å². The van der Waals surface area contributed by atoms with Crippen molar-refractivity contribution in [2.45, 2.75) is 30.1 Å². The summed E-state index contributed by atoms with van der Waals surface area (Å²) in [5, 5.41) is 12.5. The van der Waals surface area contributed by atoms with Gasteiger partial charge in [0.05, 0.1) is 9.79 Å². The van der Waals surface area contributed by atoms with Gasteiger partial charge in [-0.25, -0.2) is 0 Å². The van der Waals surface area contributed by atoms with Gasteiger partial charge in [0.25, 0.3) is 0 Å². The smallest absolute Gasteiger partial charge is 0.0996 e. The number of hydrogen-bond donors (Lipinski definition) is 1. The second-order valence-corrected chi connectivity index (χ2v) is 6.42. The summed E-state index contributed by atoms with van der Waals surface area (Å²) in [6, 6.07) is 0. The van der Waals surface area contributed by atoms with Gasteiger partial charge >= 0.3 is 0 Å². The van der Waals surface area contributed by atoms with Crippen molar-refractivity contribution in [1.82, 2.24) is 0 Å². The molecule has 1 saturated heterocycles. The standard InChI is InChI=1S/C7H13NOS2/c1-5-4-10-7(3,11-5)6(2)8-9/h5,9H,4H2,1-3H3. The van der Waals surface area contributed by atoms with Crippen LogP contribution < -0.4 is 0 Å². The Labute approximate surface area is 75.8 Å². The van der Waals surface area contributed by atoms with Gasteiger partial charge in [0.15, 0.2) is 0 Å². The van der Waals surface area contributed by atoms with Crippen LogP contribution in [0.3, 0.4) is 0 Å². The second kappa shape index (κ2) is 3.27. The third-order valence-electron chi connectivity index (χ3n) is 1.83. The Morgan fingerprint density at radius 2 is 2.36 bits per heavy atom. The van der Waals surface area contributed by atoms with Gasteiger partial charge in [-0.05, 0) is 13.8 Å². The Morgan fingerprint density at radius 1 is 1.73 bits per heavy atom. The van der Waals surface area contributed by atoms with Crippen molar-refractivity contribution in [2.75, 3.05) is 5.75 Å². The molecule has 64 valence electrons. The van der Waals surface area contributed by atoms with Gasteiger partial charge in [0.2, 0.25) is 0 Å². The van der Waals surface area contributed by atoms with Gasteiger partial charge in [-0.1, -0.05) is 12.1 Å². The molecule has 4 heteroatoms. The molecule has 0 aromatic rings. The quantitative estimate of drug-likeness (QED) is 0.392. The van der Waals surface area contributed by atoms with E-state index in [1.807, 2.05) is 30.4 Å². The van der Waals surface area contributed by atoms with Crippen molar-refractivity contribution in [3.63, 3.8) is 0 Å². The molecular weight excluding hydrogens is 178 g/mol. The Balaban J connectivity index is 2.69. The first-order valence-electron chi connectivity index (χ1n) is 3.59. The van der Waals surface area contributed by atoms with Gasteiger partial charge in [-0.15, -0.1) is 23.5 Å². The highest BCUT2D eigenvalue weighted by Crippen LogP contribution is 2.48. The molecule has 0 aliphatic carbocycles. The molecule has 1 rings (SSSR count). The van der Waals surface area contributed by atoms with E-state index in [2.05, 4.69) is 19.0 Å². The predicted octanol–water partition coefficient (Wildman–Crippen LogP) is 2.42. The molecule has 1 N–H and O–H groups in total. The summed E-state index contributed by atoms with van der Waals surface area (Å²) in [6.07, 6.45) is 0. The Bertz CT molecular complexity index is 183. The fraction of sp³-hybridized carbons (Fsp3) is 0.857. The van der Waals surface area contributed by atoms with E-state index in [0.717, 1.165) is 11.5 Å². The summed E-state index contributed by atoms with van der Waals surface area (Å²) in [5.74, 6) is 1.15. The molecule has 0 bridgehead atoms. The minimum Gasteiger partial charge on any atom is -0.411 e.